The summed E-state index contributed by atoms with van der Waals surface area (Å²) >= 11 is 5.05. The molecule has 0 aliphatic rings. The predicted molar refractivity (Wildman–Crippen MR) is 76.6 cm³/mol. The molecule has 1 atom stereocenters. The first kappa shape index (κ1) is 13.5. The molecule has 2 rings (SSSR count). The van der Waals surface area contributed by atoms with Gasteiger partial charge < -0.3 is 4.74 Å². The van der Waals surface area contributed by atoms with Crippen LogP contribution in [0.25, 0.3) is 0 Å². The number of thiazole rings is 1. The zero-order chi connectivity index (χ0) is 13.0. The largest absolute Gasteiger partial charge is 0.496 e. The molecule has 1 unspecified atom stereocenters. The van der Waals surface area contributed by atoms with E-state index in [2.05, 4.69) is 26.3 Å². The number of hydrogen-bond donors (Lipinski definition) is 2. The van der Waals surface area contributed by atoms with E-state index >= 15 is 0 Å². The predicted octanol–water partition coefficient (Wildman–Crippen LogP) is 2.66. The van der Waals surface area contributed by atoms with Crippen molar-refractivity contribution in [2.24, 2.45) is 5.84 Å². The van der Waals surface area contributed by atoms with Gasteiger partial charge in [0.2, 0.25) is 0 Å². The summed E-state index contributed by atoms with van der Waals surface area (Å²) < 4.78 is 6.37. The molecule has 1 aromatic carbocycles. The van der Waals surface area contributed by atoms with Crippen molar-refractivity contribution >= 4 is 27.3 Å². The highest BCUT2D eigenvalue weighted by Crippen LogP contribution is 2.30. The number of nitrogens with one attached hydrogen (secondary N) is 1. The van der Waals surface area contributed by atoms with Crippen molar-refractivity contribution in [3.63, 3.8) is 0 Å². The highest BCUT2D eigenvalue weighted by molar-refractivity contribution is 9.10. The molecule has 0 aliphatic carbocycles. The minimum absolute atomic E-state index is 0.0146. The third-order valence-electron chi connectivity index (χ3n) is 2.63. The third-order valence-corrected chi connectivity index (χ3v) is 3.93. The molecule has 1 aromatic heterocycles. The Kier molecular flexibility index (Phi) is 4.71. The summed E-state index contributed by atoms with van der Waals surface area (Å²) in [5.74, 6) is 6.45. The Bertz CT molecular complexity index is 504. The fraction of sp³-hybridized carbons (Fsp3) is 0.250. The lowest BCUT2D eigenvalue weighted by molar-refractivity contribution is 0.398. The van der Waals surface area contributed by atoms with Crippen LogP contribution >= 0.6 is 27.3 Å². The number of rotatable bonds is 5. The smallest absolute Gasteiger partial charge is 0.124 e. The lowest BCUT2D eigenvalue weighted by Gasteiger charge is -2.18. The number of methoxy groups -OCH3 is 1. The van der Waals surface area contributed by atoms with Gasteiger partial charge in [0.25, 0.3) is 0 Å². The van der Waals surface area contributed by atoms with Crippen molar-refractivity contribution in [1.82, 2.24) is 10.4 Å². The molecule has 0 saturated carbocycles. The van der Waals surface area contributed by atoms with Crippen molar-refractivity contribution in [2.45, 2.75) is 12.5 Å². The van der Waals surface area contributed by atoms with Crippen molar-refractivity contribution in [2.75, 3.05) is 7.11 Å². The van der Waals surface area contributed by atoms with Gasteiger partial charge in [0.05, 0.1) is 18.2 Å². The third kappa shape index (κ3) is 3.08. The summed E-state index contributed by atoms with van der Waals surface area (Å²) in [5.41, 5.74) is 3.85. The minimum Gasteiger partial charge on any atom is -0.496 e. The molecule has 0 spiro atoms. The van der Waals surface area contributed by atoms with Crippen LogP contribution in [-0.2, 0) is 6.42 Å². The van der Waals surface area contributed by atoms with Crippen LogP contribution in [0, 0.1) is 0 Å². The molecule has 18 heavy (non-hydrogen) atoms. The fourth-order valence-electron chi connectivity index (χ4n) is 1.76. The van der Waals surface area contributed by atoms with Gasteiger partial charge in [-0.05, 0) is 12.1 Å². The molecule has 1 heterocycles. The molecule has 2 aromatic rings. The van der Waals surface area contributed by atoms with Crippen LogP contribution in [0.2, 0.25) is 0 Å². The van der Waals surface area contributed by atoms with E-state index in [-0.39, 0.29) is 6.04 Å². The monoisotopic (exact) mass is 327 g/mol. The quantitative estimate of drug-likeness (QED) is 0.654. The van der Waals surface area contributed by atoms with E-state index in [0.717, 1.165) is 27.2 Å². The van der Waals surface area contributed by atoms with Gasteiger partial charge in [-0.1, -0.05) is 22.0 Å². The molecule has 0 saturated heterocycles. The lowest BCUT2D eigenvalue weighted by Crippen LogP contribution is -2.29. The van der Waals surface area contributed by atoms with Gasteiger partial charge >= 0.3 is 0 Å². The van der Waals surface area contributed by atoms with Crippen LogP contribution < -0.4 is 16.0 Å². The maximum Gasteiger partial charge on any atom is 0.124 e. The normalized spacial score (nSPS) is 12.4. The van der Waals surface area contributed by atoms with Gasteiger partial charge in [0, 0.05) is 28.0 Å². The fourth-order valence-corrected chi connectivity index (χ4v) is 2.76. The Morgan fingerprint density at radius 3 is 3.00 bits per heavy atom. The van der Waals surface area contributed by atoms with Gasteiger partial charge in [-0.25, -0.2) is 4.98 Å². The number of nitrogens with two attached hydrogens (primary N) is 1. The lowest BCUT2D eigenvalue weighted by atomic mass is 10.0. The molecule has 6 heteroatoms. The van der Waals surface area contributed by atoms with Crippen molar-refractivity contribution < 1.29 is 4.74 Å². The number of halogens is 1. The van der Waals surface area contributed by atoms with Crippen LogP contribution in [0.15, 0.2) is 34.2 Å². The highest BCUT2D eigenvalue weighted by atomic mass is 79.9. The molecular formula is C12H14BrN3OS. The number of hydrogen-bond acceptors (Lipinski definition) is 5. The first-order valence-electron chi connectivity index (χ1n) is 5.42. The maximum atomic E-state index is 5.64. The molecule has 3 N–H and O–H groups in total. The van der Waals surface area contributed by atoms with Crippen molar-refractivity contribution in [3.8, 4) is 5.75 Å². The van der Waals surface area contributed by atoms with E-state index in [1.807, 2.05) is 23.6 Å². The Balaban J connectivity index is 2.26. The Labute approximate surface area is 118 Å². The number of hydrazine groups is 1. The van der Waals surface area contributed by atoms with Crippen LogP contribution in [0.1, 0.15) is 16.6 Å². The van der Waals surface area contributed by atoms with Gasteiger partial charge in [-0.15, -0.1) is 11.3 Å². The maximum absolute atomic E-state index is 5.64. The first-order chi connectivity index (χ1) is 8.74. The Morgan fingerprint density at radius 1 is 1.56 bits per heavy atom. The van der Waals surface area contributed by atoms with E-state index in [1.54, 1.807) is 24.6 Å². The van der Waals surface area contributed by atoms with Crippen molar-refractivity contribution in [3.05, 3.63) is 44.8 Å². The van der Waals surface area contributed by atoms with Crippen LogP contribution in [-0.4, -0.2) is 12.1 Å². The number of aromatic nitrogens is 1. The average Bonchev–Trinajstić information content (AvgIpc) is 2.89. The molecule has 0 fully saturated rings. The second-order valence-electron chi connectivity index (χ2n) is 3.74. The summed E-state index contributed by atoms with van der Waals surface area (Å²) in [6.07, 6.45) is 2.54. The van der Waals surface area contributed by atoms with Crippen LogP contribution in [0.4, 0.5) is 0 Å². The molecular weight excluding hydrogens is 314 g/mol. The molecule has 96 valence electrons. The van der Waals surface area contributed by atoms with E-state index in [0.29, 0.717) is 0 Å². The number of ether oxygens (including phenoxy) is 1. The zero-order valence-corrected chi connectivity index (χ0v) is 12.3. The summed E-state index contributed by atoms with van der Waals surface area (Å²) in [4.78, 5) is 4.28. The van der Waals surface area contributed by atoms with Gasteiger partial charge in [-0.3, -0.25) is 11.3 Å². The molecule has 0 radical (unpaired) electrons. The average molecular weight is 328 g/mol. The topological polar surface area (TPSA) is 60.2 Å². The second-order valence-corrected chi connectivity index (χ2v) is 5.63. The summed E-state index contributed by atoms with van der Waals surface area (Å²) in [5, 5.41) is 3.00. The van der Waals surface area contributed by atoms with E-state index in [9.17, 15) is 0 Å². The molecule has 0 aliphatic heterocycles. The molecule has 0 amide bonds. The SMILES string of the molecule is COc1cc(Br)ccc1C(Cc1nccs1)NN. The Hall–Kier alpha value is -0.950. The minimum atomic E-state index is -0.0146. The number of benzene rings is 1. The number of nitrogens with zero attached hydrogens (tertiary/aromatic N) is 1. The van der Waals surface area contributed by atoms with E-state index in [1.165, 1.54) is 0 Å². The van der Waals surface area contributed by atoms with E-state index < -0.39 is 0 Å². The zero-order valence-electron chi connectivity index (χ0n) is 9.89. The summed E-state index contributed by atoms with van der Waals surface area (Å²) in [7, 11) is 1.66. The summed E-state index contributed by atoms with van der Waals surface area (Å²) in [6.45, 7) is 0. The first-order valence-corrected chi connectivity index (χ1v) is 7.09. The van der Waals surface area contributed by atoms with Gasteiger partial charge in [-0.2, -0.15) is 0 Å². The van der Waals surface area contributed by atoms with Crippen molar-refractivity contribution in [1.29, 1.82) is 0 Å². The van der Waals surface area contributed by atoms with Gasteiger partial charge in [0.15, 0.2) is 0 Å². The van der Waals surface area contributed by atoms with Gasteiger partial charge in [0.1, 0.15) is 5.75 Å². The van der Waals surface area contributed by atoms with Crippen LogP contribution in [0.5, 0.6) is 5.75 Å². The van der Waals surface area contributed by atoms with Crippen LogP contribution in [0.3, 0.4) is 0 Å². The highest BCUT2D eigenvalue weighted by Gasteiger charge is 2.16. The van der Waals surface area contributed by atoms with E-state index in [4.69, 9.17) is 10.6 Å². The standard InChI is InChI=1S/C12H14BrN3OS/c1-17-11-6-8(13)2-3-9(11)10(16-14)7-12-15-4-5-18-12/h2-6,10,16H,7,14H2,1H3. The Morgan fingerprint density at radius 2 is 2.39 bits per heavy atom. The second kappa shape index (κ2) is 6.29. The molecule has 0 bridgehead atoms. The molecule has 4 nitrogen and oxygen atoms in total. The summed E-state index contributed by atoms with van der Waals surface area (Å²) in [6, 6.07) is 5.89.